The van der Waals surface area contributed by atoms with Crippen molar-refractivity contribution in [2.24, 2.45) is 0 Å². The Morgan fingerprint density at radius 1 is 0.291 bits per heavy atom. The number of hydrogen-bond donors (Lipinski definition) is 0. The first-order valence-electron chi connectivity index (χ1n) is 18.5. The first-order chi connectivity index (χ1) is 27.3. The molecule has 0 aliphatic heterocycles. The van der Waals surface area contributed by atoms with Gasteiger partial charge < -0.3 is 0 Å². The molecule has 0 saturated heterocycles. The second-order valence-electron chi connectivity index (χ2n) is 13.6. The topological polar surface area (TPSA) is 38.7 Å². The highest BCUT2D eigenvalue weighted by molar-refractivity contribution is 7.26. The maximum absolute atomic E-state index is 5.04. The van der Waals surface area contributed by atoms with Crippen molar-refractivity contribution < 1.29 is 0 Å². The van der Waals surface area contributed by atoms with Crippen molar-refractivity contribution in [2.75, 3.05) is 0 Å². The van der Waals surface area contributed by atoms with Gasteiger partial charge in [-0.25, -0.2) is 0 Å². The summed E-state index contributed by atoms with van der Waals surface area (Å²) in [5.41, 5.74) is 14.6. The minimum Gasteiger partial charge on any atom is -0.135 e. The first kappa shape index (κ1) is 32.6. The minimum absolute atomic E-state index is 0.778. The zero-order valence-corrected chi connectivity index (χ0v) is 30.6. The highest BCUT2D eigenvalue weighted by Crippen LogP contribution is 2.52. The predicted octanol–water partition coefficient (Wildman–Crippen LogP) is 13.9. The van der Waals surface area contributed by atoms with Crippen molar-refractivity contribution in [3.05, 3.63) is 200 Å². The van der Waals surface area contributed by atoms with Gasteiger partial charge in [0.15, 0.2) is 0 Å². The molecule has 258 valence electrons. The second-order valence-corrected chi connectivity index (χ2v) is 14.6. The van der Waals surface area contributed by atoms with Crippen LogP contribution in [0.5, 0.6) is 0 Å². The van der Waals surface area contributed by atoms with Crippen LogP contribution < -0.4 is 0 Å². The molecular formula is C51H33N3S. The molecule has 0 fully saturated rings. The van der Waals surface area contributed by atoms with Crippen molar-refractivity contribution in [1.29, 1.82) is 0 Å². The molecule has 0 aliphatic rings. The van der Waals surface area contributed by atoms with Crippen molar-refractivity contribution in [3.63, 3.8) is 0 Å². The summed E-state index contributed by atoms with van der Waals surface area (Å²) in [5, 5.41) is 16.9. The third kappa shape index (κ3) is 5.81. The third-order valence-corrected chi connectivity index (χ3v) is 11.5. The van der Waals surface area contributed by atoms with E-state index in [1.165, 1.54) is 25.7 Å². The van der Waals surface area contributed by atoms with E-state index in [9.17, 15) is 0 Å². The molecule has 10 rings (SSSR count). The van der Waals surface area contributed by atoms with Gasteiger partial charge >= 0.3 is 0 Å². The van der Waals surface area contributed by atoms with Crippen LogP contribution in [-0.4, -0.2) is 15.4 Å². The Morgan fingerprint density at radius 3 is 1.45 bits per heavy atom. The molecule has 10 aromatic rings. The zero-order valence-electron chi connectivity index (χ0n) is 29.8. The van der Waals surface area contributed by atoms with Crippen LogP contribution in [-0.2, 0) is 0 Å². The summed E-state index contributed by atoms with van der Waals surface area (Å²) in [4.78, 5) is 0. The van der Waals surface area contributed by atoms with Gasteiger partial charge in [-0.15, -0.1) is 21.5 Å². The Balaban J connectivity index is 1.39. The SMILES string of the molecule is c1ccc(-c2ccccc2-c2c(-c3ccccc3)nnnc2-c2cccc(-c3ccccc3)c2-c2c(-c3ccccc3)ccc3sc4ccccc4c23)cc1. The van der Waals surface area contributed by atoms with E-state index in [0.717, 1.165) is 72.6 Å². The highest BCUT2D eigenvalue weighted by atomic mass is 32.1. The molecule has 0 N–H and O–H groups in total. The summed E-state index contributed by atoms with van der Waals surface area (Å²) in [6.07, 6.45) is 0. The van der Waals surface area contributed by atoms with E-state index >= 15 is 0 Å². The van der Waals surface area contributed by atoms with Gasteiger partial charge in [0, 0.05) is 48.0 Å². The molecule has 0 saturated carbocycles. The fourth-order valence-corrected chi connectivity index (χ4v) is 9.06. The summed E-state index contributed by atoms with van der Waals surface area (Å²) in [6, 6.07) is 71.0. The van der Waals surface area contributed by atoms with E-state index in [0.29, 0.717) is 0 Å². The second kappa shape index (κ2) is 14.1. The van der Waals surface area contributed by atoms with E-state index in [1.807, 2.05) is 17.4 Å². The smallest absolute Gasteiger partial charge is 0.105 e. The van der Waals surface area contributed by atoms with Gasteiger partial charge in [-0.2, -0.15) is 0 Å². The minimum atomic E-state index is 0.778. The normalized spacial score (nSPS) is 11.3. The van der Waals surface area contributed by atoms with Crippen LogP contribution in [0.1, 0.15) is 0 Å². The van der Waals surface area contributed by atoms with Crippen LogP contribution >= 0.6 is 11.3 Å². The summed E-state index contributed by atoms with van der Waals surface area (Å²) in [7, 11) is 0. The molecule has 4 heteroatoms. The molecule has 0 unspecified atom stereocenters. The Morgan fingerprint density at radius 2 is 0.782 bits per heavy atom. The van der Waals surface area contributed by atoms with Crippen LogP contribution in [0.3, 0.4) is 0 Å². The summed E-state index contributed by atoms with van der Waals surface area (Å²) in [5.74, 6) is 0. The highest BCUT2D eigenvalue weighted by Gasteiger charge is 2.27. The Hall–Kier alpha value is -7.01. The first-order valence-corrected chi connectivity index (χ1v) is 19.3. The van der Waals surface area contributed by atoms with Gasteiger partial charge in [-0.05, 0) is 56.3 Å². The summed E-state index contributed by atoms with van der Waals surface area (Å²) < 4.78 is 2.50. The fraction of sp³-hybridized carbons (Fsp3) is 0. The predicted molar refractivity (Wildman–Crippen MR) is 231 cm³/mol. The van der Waals surface area contributed by atoms with Crippen LogP contribution in [0.4, 0.5) is 0 Å². The number of thiophene rings is 1. The molecule has 55 heavy (non-hydrogen) atoms. The number of hydrogen-bond acceptors (Lipinski definition) is 4. The molecule has 0 atom stereocenters. The Labute approximate surface area is 323 Å². The molecule has 2 aromatic heterocycles. The van der Waals surface area contributed by atoms with E-state index in [1.54, 1.807) is 0 Å². The average molecular weight is 720 g/mol. The lowest BCUT2D eigenvalue weighted by molar-refractivity contribution is 0.879. The van der Waals surface area contributed by atoms with Crippen molar-refractivity contribution in [2.45, 2.75) is 0 Å². The molecule has 8 aromatic carbocycles. The van der Waals surface area contributed by atoms with E-state index in [-0.39, 0.29) is 0 Å². The van der Waals surface area contributed by atoms with E-state index < -0.39 is 0 Å². The van der Waals surface area contributed by atoms with Gasteiger partial charge in [-0.3, -0.25) is 0 Å². The lowest BCUT2D eigenvalue weighted by Crippen LogP contribution is -2.03. The summed E-state index contributed by atoms with van der Waals surface area (Å²) >= 11 is 1.84. The van der Waals surface area contributed by atoms with Gasteiger partial charge in [-0.1, -0.05) is 188 Å². The van der Waals surface area contributed by atoms with Gasteiger partial charge in [0.05, 0.1) is 0 Å². The number of fused-ring (bicyclic) bond motifs is 3. The lowest BCUT2D eigenvalue weighted by Gasteiger charge is -2.22. The molecule has 0 aliphatic carbocycles. The number of benzene rings is 8. The van der Waals surface area contributed by atoms with Crippen LogP contribution in [0.25, 0.3) is 98.3 Å². The van der Waals surface area contributed by atoms with Crippen molar-refractivity contribution >= 4 is 31.5 Å². The fourth-order valence-electron chi connectivity index (χ4n) is 7.95. The largest absolute Gasteiger partial charge is 0.135 e. The molecule has 0 spiro atoms. The standard InChI is InChI=1S/C51H33N3S/c1-5-18-34(19-6-1)38-26-13-14-27-41(38)49-50(37-24-11-4-12-25-37)52-54-53-51(49)43-30-17-29-39(35-20-7-2-8-21-35)46(43)48-40(36-22-9-3-10-23-36)32-33-45-47(48)42-28-15-16-31-44(42)55-45/h1-33H. The molecule has 0 bridgehead atoms. The molecule has 0 radical (unpaired) electrons. The Kier molecular flexibility index (Phi) is 8.36. The van der Waals surface area contributed by atoms with E-state index in [2.05, 4.69) is 199 Å². The summed E-state index contributed by atoms with van der Waals surface area (Å²) in [6.45, 7) is 0. The molecule has 3 nitrogen and oxygen atoms in total. The Bertz CT molecular complexity index is 2960. The molecule has 0 amide bonds. The quantitative estimate of drug-likeness (QED) is 0.165. The van der Waals surface area contributed by atoms with Crippen LogP contribution in [0.15, 0.2) is 200 Å². The number of rotatable bonds is 7. The van der Waals surface area contributed by atoms with Gasteiger partial charge in [0.25, 0.3) is 0 Å². The van der Waals surface area contributed by atoms with Gasteiger partial charge in [0.2, 0.25) is 0 Å². The zero-order chi connectivity index (χ0) is 36.6. The number of aromatic nitrogens is 3. The van der Waals surface area contributed by atoms with Crippen molar-refractivity contribution in [1.82, 2.24) is 15.4 Å². The average Bonchev–Trinajstić information content (AvgIpc) is 3.66. The number of nitrogens with zero attached hydrogens (tertiary/aromatic N) is 3. The maximum Gasteiger partial charge on any atom is 0.105 e. The van der Waals surface area contributed by atoms with Crippen molar-refractivity contribution in [3.8, 4) is 78.1 Å². The van der Waals surface area contributed by atoms with E-state index in [4.69, 9.17) is 10.2 Å². The maximum atomic E-state index is 5.04. The lowest BCUT2D eigenvalue weighted by atomic mass is 9.81. The van der Waals surface area contributed by atoms with Crippen LogP contribution in [0, 0.1) is 0 Å². The van der Waals surface area contributed by atoms with Gasteiger partial charge in [0.1, 0.15) is 11.4 Å². The monoisotopic (exact) mass is 719 g/mol. The molecular weight excluding hydrogens is 687 g/mol. The van der Waals surface area contributed by atoms with Crippen LogP contribution in [0.2, 0.25) is 0 Å². The molecule has 2 heterocycles. The third-order valence-electron chi connectivity index (χ3n) is 10.4.